The molecule has 4 aromatic rings. The summed E-state index contributed by atoms with van der Waals surface area (Å²) < 4.78 is 26.5. The van der Waals surface area contributed by atoms with E-state index in [1.165, 1.54) is 30.3 Å². The molecule has 1 aliphatic heterocycles. The number of sulfone groups is 1. The van der Waals surface area contributed by atoms with Crippen LogP contribution in [0.5, 0.6) is 0 Å². The van der Waals surface area contributed by atoms with Gasteiger partial charge in [0.2, 0.25) is 9.84 Å². The highest BCUT2D eigenvalue weighted by Crippen LogP contribution is 2.34. The summed E-state index contributed by atoms with van der Waals surface area (Å²) in [7, 11) is -3.93. The number of benzene rings is 4. The Labute approximate surface area is 203 Å². The Morgan fingerprint density at radius 3 is 1.86 bits per heavy atom. The molecule has 5 rings (SSSR count). The highest BCUT2D eigenvalue weighted by molar-refractivity contribution is 7.91. The van der Waals surface area contributed by atoms with Crippen LogP contribution in [0.3, 0.4) is 0 Å². The predicted octanol–water partition coefficient (Wildman–Crippen LogP) is 4.41. The predicted molar refractivity (Wildman–Crippen MR) is 131 cm³/mol. The quantitative estimate of drug-likeness (QED) is 0.363. The van der Waals surface area contributed by atoms with Crippen molar-refractivity contribution >= 4 is 21.5 Å². The summed E-state index contributed by atoms with van der Waals surface area (Å²) in [6, 6.07) is 29.8. The summed E-state index contributed by atoms with van der Waals surface area (Å²) in [5.74, 6) is -0.826. The summed E-state index contributed by atoms with van der Waals surface area (Å²) in [6.07, 6.45) is 0. The van der Waals surface area contributed by atoms with Gasteiger partial charge in [0, 0.05) is 29.8 Å². The molecular formula is C28H22N2O4S. The van der Waals surface area contributed by atoms with Gasteiger partial charge in [-0.3, -0.25) is 15.0 Å². The molecule has 174 valence electrons. The number of hydrogen-bond acceptors (Lipinski definition) is 5. The van der Waals surface area contributed by atoms with E-state index in [4.69, 9.17) is 0 Å². The molecule has 0 spiro atoms. The van der Waals surface area contributed by atoms with E-state index in [9.17, 15) is 18.0 Å². The molecule has 1 aliphatic rings. The molecule has 1 N–H and O–H groups in total. The lowest BCUT2D eigenvalue weighted by Crippen LogP contribution is -2.41. The molecule has 0 atom stereocenters. The first kappa shape index (κ1) is 22.7. The first-order valence-corrected chi connectivity index (χ1v) is 12.6. The molecule has 0 bridgehead atoms. The summed E-state index contributed by atoms with van der Waals surface area (Å²) in [5, 5.41) is 1.78. The van der Waals surface area contributed by atoms with Gasteiger partial charge in [-0.15, -0.1) is 0 Å². The number of ketones is 1. The van der Waals surface area contributed by atoms with E-state index in [1.54, 1.807) is 17.1 Å². The topological polar surface area (TPSA) is 83.6 Å². The van der Waals surface area contributed by atoms with Crippen molar-refractivity contribution in [2.75, 3.05) is 0 Å². The third-order valence-electron chi connectivity index (χ3n) is 5.89. The van der Waals surface area contributed by atoms with Gasteiger partial charge in [-0.2, -0.15) is 0 Å². The maximum absolute atomic E-state index is 13.2. The Morgan fingerprint density at radius 1 is 0.686 bits per heavy atom. The maximum atomic E-state index is 13.2. The van der Waals surface area contributed by atoms with Crippen LogP contribution in [0.15, 0.2) is 113 Å². The van der Waals surface area contributed by atoms with Gasteiger partial charge in [-0.25, -0.2) is 13.4 Å². The summed E-state index contributed by atoms with van der Waals surface area (Å²) >= 11 is 0. The van der Waals surface area contributed by atoms with Crippen LogP contribution in [0.1, 0.15) is 37.4 Å². The van der Waals surface area contributed by atoms with Gasteiger partial charge < -0.3 is 0 Å². The van der Waals surface area contributed by atoms with E-state index in [1.807, 2.05) is 60.7 Å². The third-order valence-corrected chi connectivity index (χ3v) is 7.74. The van der Waals surface area contributed by atoms with Crippen molar-refractivity contribution in [3.63, 3.8) is 0 Å². The number of nitrogens with zero attached hydrogens (tertiary/aromatic N) is 1. The number of fused-ring (bicyclic) bond motifs is 2. The van der Waals surface area contributed by atoms with Gasteiger partial charge in [-0.05, 0) is 41.5 Å². The molecule has 1 amide bonds. The molecule has 0 radical (unpaired) electrons. The zero-order valence-electron chi connectivity index (χ0n) is 18.7. The largest absolute Gasteiger partial charge is 0.289 e. The molecule has 0 unspecified atom stereocenters. The van der Waals surface area contributed by atoms with Crippen molar-refractivity contribution in [3.8, 4) is 0 Å². The standard InChI is InChI=1S/C28H22N2O4S/c31-27-23-13-7-8-14-25(23)35(33,34)26-17-22(15-16-24(26)27)28(32)29-30(18-20-9-3-1-4-10-20)19-21-11-5-2-6-12-21/h1-17H,18-19H2,(H,29,32). The number of rotatable bonds is 6. The fourth-order valence-electron chi connectivity index (χ4n) is 4.18. The first-order chi connectivity index (χ1) is 16.9. The Hall–Kier alpha value is -4.07. The van der Waals surface area contributed by atoms with Crippen LogP contribution in [-0.2, 0) is 22.9 Å². The normalized spacial score (nSPS) is 13.7. The molecule has 0 saturated carbocycles. The zero-order chi connectivity index (χ0) is 24.4. The molecule has 6 nitrogen and oxygen atoms in total. The van der Waals surface area contributed by atoms with Gasteiger partial charge >= 0.3 is 0 Å². The van der Waals surface area contributed by atoms with E-state index in [0.717, 1.165) is 11.1 Å². The van der Waals surface area contributed by atoms with Crippen LogP contribution in [0.2, 0.25) is 0 Å². The number of nitrogens with one attached hydrogen (secondary N) is 1. The van der Waals surface area contributed by atoms with Crippen molar-refractivity contribution in [3.05, 3.63) is 131 Å². The van der Waals surface area contributed by atoms with Gasteiger partial charge in [0.1, 0.15) is 0 Å². The van der Waals surface area contributed by atoms with Crippen molar-refractivity contribution in [1.82, 2.24) is 10.4 Å². The number of amides is 1. The Balaban J connectivity index is 1.45. The lowest BCUT2D eigenvalue weighted by Gasteiger charge is -2.24. The second-order valence-corrected chi connectivity index (χ2v) is 10.2. The van der Waals surface area contributed by atoms with Gasteiger partial charge in [-0.1, -0.05) is 72.8 Å². The number of carbonyl (C=O) groups excluding carboxylic acids is 2. The Kier molecular flexibility index (Phi) is 6.03. The maximum Gasteiger partial charge on any atom is 0.265 e. The summed E-state index contributed by atoms with van der Waals surface area (Å²) in [6.45, 7) is 0.910. The minimum atomic E-state index is -3.93. The molecule has 1 heterocycles. The third kappa shape index (κ3) is 4.51. The van der Waals surface area contributed by atoms with Crippen LogP contribution in [0, 0.1) is 0 Å². The average molecular weight is 483 g/mol. The van der Waals surface area contributed by atoms with Crippen molar-refractivity contribution in [2.24, 2.45) is 0 Å². The lowest BCUT2D eigenvalue weighted by molar-refractivity contribution is 0.0758. The number of hydrazine groups is 1. The van der Waals surface area contributed by atoms with E-state index in [-0.39, 0.29) is 32.3 Å². The SMILES string of the molecule is O=C(NN(Cc1ccccc1)Cc1ccccc1)c1ccc2c(c1)S(=O)(=O)c1ccccc1C2=O. The van der Waals surface area contributed by atoms with E-state index in [0.29, 0.717) is 13.1 Å². The molecule has 0 aliphatic carbocycles. The van der Waals surface area contributed by atoms with Crippen molar-refractivity contribution in [2.45, 2.75) is 22.9 Å². The highest BCUT2D eigenvalue weighted by atomic mass is 32.2. The van der Waals surface area contributed by atoms with Crippen LogP contribution < -0.4 is 5.43 Å². The zero-order valence-corrected chi connectivity index (χ0v) is 19.5. The van der Waals surface area contributed by atoms with E-state index in [2.05, 4.69) is 5.43 Å². The number of hydrogen-bond donors (Lipinski definition) is 1. The lowest BCUT2D eigenvalue weighted by atomic mass is 10.0. The monoisotopic (exact) mass is 482 g/mol. The van der Waals surface area contributed by atoms with Gasteiger partial charge in [0.15, 0.2) is 5.78 Å². The van der Waals surface area contributed by atoms with Crippen LogP contribution in [0.4, 0.5) is 0 Å². The molecule has 0 saturated heterocycles. The second kappa shape index (κ2) is 9.29. The minimum Gasteiger partial charge on any atom is -0.289 e. The summed E-state index contributed by atoms with van der Waals surface area (Å²) in [4.78, 5) is 25.9. The molecule has 0 aromatic heterocycles. The van der Waals surface area contributed by atoms with E-state index < -0.39 is 15.7 Å². The Bertz CT molecular complexity index is 1480. The fourth-order valence-corrected chi connectivity index (χ4v) is 5.85. The number of carbonyl (C=O) groups is 2. The minimum absolute atomic E-state index is 0.0372. The second-order valence-electron chi connectivity index (χ2n) is 8.31. The van der Waals surface area contributed by atoms with Crippen LogP contribution >= 0.6 is 0 Å². The van der Waals surface area contributed by atoms with E-state index >= 15 is 0 Å². The smallest absolute Gasteiger partial charge is 0.265 e. The Morgan fingerprint density at radius 2 is 1.23 bits per heavy atom. The van der Waals surface area contributed by atoms with Crippen molar-refractivity contribution in [1.29, 1.82) is 0 Å². The summed E-state index contributed by atoms with van der Waals surface area (Å²) in [5.41, 5.74) is 5.32. The molecule has 4 aromatic carbocycles. The van der Waals surface area contributed by atoms with Crippen molar-refractivity contribution < 1.29 is 18.0 Å². The molecule has 7 heteroatoms. The molecule has 0 fully saturated rings. The molecular weight excluding hydrogens is 460 g/mol. The first-order valence-electron chi connectivity index (χ1n) is 11.1. The highest BCUT2D eigenvalue weighted by Gasteiger charge is 2.35. The molecule has 35 heavy (non-hydrogen) atoms. The van der Waals surface area contributed by atoms with Crippen LogP contribution in [-0.4, -0.2) is 25.1 Å². The van der Waals surface area contributed by atoms with Crippen LogP contribution in [0.25, 0.3) is 0 Å². The average Bonchev–Trinajstić information content (AvgIpc) is 2.88. The van der Waals surface area contributed by atoms with Gasteiger partial charge in [0.05, 0.1) is 9.79 Å². The van der Waals surface area contributed by atoms with Gasteiger partial charge in [0.25, 0.3) is 5.91 Å². The fraction of sp³-hybridized carbons (Fsp3) is 0.0714.